The lowest BCUT2D eigenvalue weighted by Crippen LogP contribution is -2.51. The molecular formula is C19H24N4O5. The minimum absolute atomic E-state index is 0.133. The molecular weight excluding hydrogens is 364 g/mol. The van der Waals surface area contributed by atoms with Gasteiger partial charge in [0.1, 0.15) is 18.7 Å². The molecule has 9 nitrogen and oxygen atoms in total. The van der Waals surface area contributed by atoms with Gasteiger partial charge in [0, 0.05) is 13.1 Å². The van der Waals surface area contributed by atoms with Crippen LogP contribution in [0.1, 0.15) is 24.8 Å². The molecule has 0 aromatic heterocycles. The van der Waals surface area contributed by atoms with E-state index in [1.165, 1.54) is 9.80 Å². The molecule has 0 unspecified atom stereocenters. The zero-order valence-electron chi connectivity index (χ0n) is 15.5. The van der Waals surface area contributed by atoms with Crippen molar-refractivity contribution in [3.63, 3.8) is 0 Å². The SMILES string of the molecule is NC(=O)CN1CC[C@@H](NC(=O)[C@@H]2CCCN2C(=O)OCc2ccccc2)C1=O. The summed E-state index contributed by atoms with van der Waals surface area (Å²) in [7, 11) is 0. The Bertz CT molecular complexity index is 754. The third-order valence-electron chi connectivity index (χ3n) is 4.96. The number of carbonyl (C=O) groups excluding carboxylic acids is 4. The Labute approximate surface area is 162 Å². The van der Waals surface area contributed by atoms with Crippen molar-refractivity contribution in [1.82, 2.24) is 15.1 Å². The van der Waals surface area contributed by atoms with Crippen LogP contribution in [0.25, 0.3) is 0 Å². The molecule has 0 radical (unpaired) electrons. The largest absolute Gasteiger partial charge is 0.445 e. The first-order chi connectivity index (χ1) is 13.5. The van der Waals surface area contributed by atoms with Crippen molar-refractivity contribution in [2.24, 2.45) is 5.73 Å². The van der Waals surface area contributed by atoms with E-state index in [0.717, 1.165) is 5.56 Å². The molecule has 1 aromatic carbocycles. The highest BCUT2D eigenvalue weighted by Crippen LogP contribution is 2.20. The predicted octanol–water partition coefficient (Wildman–Crippen LogP) is -0.01000. The third kappa shape index (κ3) is 4.59. The van der Waals surface area contributed by atoms with Crippen molar-refractivity contribution in [2.45, 2.75) is 38.0 Å². The molecule has 3 rings (SSSR count). The summed E-state index contributed by atoms with van der Waals surface area (Å²) in [6, 6.07) is 7.93. The minimum Gasteiger partial charge on any atom is -0.445 e. The van der Waals surface area contributed by atoms with Gasteiger partial charge in [0.15, 0.2) is 0 Å². The summed E-state index contributed by atoms with van der Waals surface area (Å²) in [6.07, 6.45) is 1.06. The predicted molar refractivity (Wildman–Crippen MR) is 98.7 cm³/mol. The molecule has 2 aliphatic heterocycles. The van der Waals surface area contributed by atoms with Crippen LogP contribution >= 0.6 is 0 Å². The molecule has 1 aromatic rings. The Hall–Kier alpha value is -3.10. The van der Waals surface area contributed by atoms with E-state index in [2.05, 4.69) is 5.32 Å². The maximum absolute atomic E-state index is 12.6. The number of carbonyl (C=O) groups is 4. The molecule has 9 heteroatoms. The highest BCUT2D eigenvalue weighted by atomic mass is 16.6. The Morgan fingerprint density at radius 2 is 1.89 bits per heavy atom. The number of hydrogen-bond acceptors (Lipinski definition) is 5. The van der Waals surface area contributed by atoms with Crippen LogP contribution in [0.15, 0.2) is 30.3 Å². The van der Waals surface area contributed by atoms with Crippen LogP contribution in [0.2, 0.25) is 0 Å². The average molecular weight is 388 g/mol. The van der Waals surface area contributed by atoms with Gasteiger partial charge in [-0.3, -0.25) is 19.3 Å². The number of rotatable bonds is 6. The summed E-state index contributed by atoms with van der Waals surface area (Å²) in [5.74, 6) is -1.31. The van der Waals surface area contributed by atoms with Crippen LogP contribution in [0.4, 0.5) is 4.79 Å². The molecule has 0 aliphatic carbocycles. The molecule has 4 amide bonds. The van der Waals surface area contributed by atoms with Gasteiger partial charge in [-0.25, -0.2) is 4.79 Å². The van der Waals surface area contributed by atoms with Gasteiger partial charge in [-0.1, -0.05) is 30.3 Å². The maximum Gasteiger partial charge on any atom is 0.410 e. The number of ether oxygens (including phenoxy) is 1. The molecule has 3 N–H and O–H groups in total. The summed E-state index contributed by atoms with van der Waals surface area (Å²) < 4.78 is 5.32. The van der Waals surface area contributed by atoms with Crippen molar-refractivity contribution in [3.05, 3.63) is 35.9 Å². The summed E-state index contributed by atoms with van der Waals surface area (Å²) in [5, 5.41) is 2.70. The molecule has 0 saturated carbocycles. The number of benzene rings is 1. The minimum atomic E-state index is -0.699. The van der Waals surface area contributed by atoms with E-state index < -0.39 is 24.1 Å². The molecule has 28 heavy (non-hydrogen) atoms. The fourth-order valence-corrected chi connectivity index (χ4v) is 3.55. The van der Waals surface area contributed by atoms with E-state index in [9.17, 15) is 19.2 Å². The highest BCUT2D eigenvalue weighted by molar-refractivity contribution is 5.94. The Morgan fingerprint density at radius 3 is 2.61 bits per heavy atom. The van der Waals surface area contributed by atoms with Gasteiger partial charge in [0.2, 0.25) is 17.7 Å². The van der Waals surface area contributed by atoms with Crippen LogP contribution < -0.4 is 11.1 Å². The third-order valence-corrected chi connectivity index (χ3v) is 4.96. The fraction of sp³-hybridized carbons (Fsp3) is 0.474. The molecule has 2 heterocycles. The summed E-state index contributed by atoms with van der Waals surface area (Å²) in [5.41, 5.74) is 5.99. The van der Waals surface area contributed by atoms with Crippen LogP contribution in [0.3, 0.4) is 0 Å². The Morgan fingerprint density at radius 1 is 1.14 bits per heavy atom. The molecule has 0 spiro atoms. The number of hydrogen-bond donors (Lipinski definition) is 2. The second kappa shape index (κ2) is 8.73. The van der Waals surface area contributed by atoms with Crippen molar-refractivity contribution in [3.8, 4) is 0 Å². The first-order valence-corrected chi connectivity index (χ1v) is 9.30. The molecule has 2 aliphatic rings. The van der Waals surface area contributed by atoms with Gasteiger partial charge in [-0.2, -0.15) is 0 Å². The smallest absolute Gasteiger partial charge is 0.410 e. The maximum atomic E-state index is 12.6. The Balaban J connectivity index is 1.53. The van der Waals surface area contributed by atoms with Crippen LogP contribution in [-0.4, -0.2) is 65.3 Å². The van der Waals surface area contributed by atoms with E-state index in [4.69, 9.17) is 10.5 Å². The lowest BCUT2D eigenvalue weighted by atomic mass is 10.1. The van der Waals surface area contributed by atoms with Gasteiger partial charge in [0.05, 0.1) is 6.54 Å². The van der Waals surface area contributed by atoms with Crippen molar-refractivity contribution in [1.29, 1.82) is 0 Å². The van der Waals surface area contributed by atoms with Crippen LogP contribution in [0, 0.1) is 0 Å². The number of likely N-dealkylation sites (tertiary alicyclic amines) is 2. The summed E-state index contributed by atoms with van der Waals surface area (Å²) in [6.45, 7) is 0.763. The van der Waals surface area contributed by atoms with E-state index in [1.807, 2.05) is 30.3 Å². The topological polar surface area (TPSA) is 122 Å². The van der Waals surface area contributed by atoms with Gasteiger partial charge in [-0.05, 0) is 24.8 Å². The zero-order chi connectivity index (χ0) is 20.1. The van der Waals surface area contributed by atoms with Gasteiger partial charge in [-0.15, -0.1) is 0 Å². The lowest BCUT2D eigenvalue weighted by Gasteiger charge is -2.24. The van der Waals surface area contributed by atoms with Gasteiger partial charge < -0.3 is 20.7 Å². The van der Waals surface area contributed by atoms with Crippen molar-refractivity contribution < 1.29 is 23.9 Å². The monoisotopic (exact) mass is 388 g/mol. The number of primary amides is 1. The number of amides is 4. The quantitative estimate of drug-likeness (QED) is 0.710. The van der Waals surface area contributed by atoms with E-state index in [1.54, 1.807) is 0 Å². The van der Waals surface area contributed by atoms with E-state index in [-0.39, 0.29) is 25.0 Å². The normalized spacial score (nSPS) is 21.6. The first-order valence-electron chi connectivity index (χ1n) is 9.30. The zero-order valence-corrected chi connectivity index (χ0v) is 15.5. The van der Waals surface area contributed by atoms with E-state index in [0.29, 0.717) is 32.4 Å². The van der Waals surface area contributed by atoms with Gasteiger partial charge >= 0.3 is 6.09 Å². The number of nitrogens with one attached hydrogen (secondary N) is 1. The second-order valence-electron chi connectivity index (χ2n) is 6.97. The Kier molecular flexibility index (Phi) is 6.13. The molecule has 150 valence electrons. The summed E-state index contributed by atoms with van der Waals surface area (Å²) in [4.78, 5) is 51.0. The van der Waals surface area contributed by atoms with Crippen LogP contribution in [-0.2, 0) is 25.7 Å². The van der Waals surface area contributed by atoms with Crippen molar-refractivity contribution in [2.75, 3.05) is 19.6 Å². The molecule has 2 atom stereocenters. The fourth-order valence-electron chi connectivity index (χ4n) is 3.55. The lowest BCUT2D eigenvalue weighted by molar-refractivity contribution is -0.135. The number of nitrogens with two attached hydrogens (primary N) is 1. The van der Waals surface area contributed by atoms with E-state index >= 15 is 0 Å². The standard InChI is InChI=1S/C19H24N4O5/c20-16(24)11-22-10-8-14(18(22)26)21-17(25)15-7-4-9-23(15)19(27)28-12-13-5-2-1-3-6-13/h1-3,5-6,14-15H,4,7-12H2,(H2,20,24)(H,21,25)/t14-,15+/m1/s1. The summed E-state index contributed by atoms with van der Waals surface area (Å²) >= 11 is 0. The number of nitrogens with zero attached hydrogens (tertiary/aromatic N) is 2. The highest BCUT2D eigenvalue weighted by Gasteiger charge is 2.39. The van der Waals surface area contributed by atoms with Gasteiger partial charge in [0.25, 0.3) is 0 Å². The average Bonchev–Trinajstić information content (AvgIpc) is 3.29. The van der Waals surface area contributed by atoms with Crippen molar-refractivity contribution >= 4 is 23.8 Å². The van der Waals surface area contributed by atoms with Crippen LogP contribution in [0.5, 0.6) is 0 Å². The first kappa shape index (κ1) is 19.7. The molecule has 0 bridgehead atoms. The second-order valence-corrected chi connectivity index (χ2v) is 6.97. The molecule has 2 fully saturated rings. The molecule has 2 saturated heterocycles.